The van der Waals surface area contributed by atoms with Gasteiger partial charge in [-0.1, -0.05) is 13.8 Å². The quantitative estimate of drug-likeness (QED) is 0.773. The van der Waals surface area contributed by atoms with E-state index in [1.165, 1.54) is 10.9 Å². The van der Waals surface area contributed by atoms with Crippen molar-refractivity contribution in [3.63, 3.8) is 0 Å². The van der Waals surface area contributed by atoms with Crippen molar-refractivity contribution in [3.05, 3.63) is 23.9 Å². The van der Waals surface area contributed by atoms with E-state index in [2.05, 4.69) is 29.4 Å². The minimum Gasteiger partial charge on any atom is -0.338 e. The van der Waals surface area contributed by atoms with Gasteiger partial charge >= 0.3 is 0 Å². The van der Waals surface area contributed by atoms with E-state index in [0.717, 1.165) is 13.1 Å². The summed E-state index contributed by atoms with van der Waals surface area (Å²) in [6, 6.07) is 3.56. The van der Waals surface area contributed by atoms with Gasteiger partial charge in [0.2, 0.25) is 0 Å². The van der Waals surface area contributed by atoms with Crippen molar-refractivity contribution in [2.24, 2.45) is 11.8 Å². The van der Waals surface area contributed by atoms with E-state index in [9.17, 15) is 4.79 Å². The summed E-state index contributed by atoms with van der Waals surface area (Å²) in [5, 5.41) is 11.2. The monoisotopic (exact) mass is 259 g/mol. The molecule has 1 aliphatic rings. The predicted molar refractivity (Wildman–Crippen MR) is 69.6 cm³/mol. The normalized spacial score (nSPS) is 23.8. The van der Waals surface area contributed by atoms with Gasteiger partial charge < -0.3 is 4.90 Å². The number of carbonyl (C=O) groups is 1. The highest BCUT2D eigenvalue weighted by Gasteiger charge is 2.26. The van der Waals surface area contributed by atoms with Gasteiger partial charge in [0.05, 0.1) is 5.56 Å². The van der Waals surface area contributed by atoms with E-state index in [1.54, 1.807) is 18.3 Å². The summed E-state index contributed by atoms with van der Waals surface area (Å²) in [6.45, 7) is 6.05. The molecule has 2 aromatic heterocycles. The molecule has 0 N–H and O–H groups in total. The van der Waals surface area contributed by atoms with Crippen LogP contribution in [-0.2, 0) is 0 Å². The molecular formula is C13H17N5O. The van der Waals surface area contributed by atoms with Crippen LogP contribution >= 0.6 is 0 Å². The third-order valence-electron chi connectivity index (χ3n) is 3.59. The van der Waals surface area contributed by atoms with Crippen LogP contribution in [0, 0.1) is 11.8 Å². The van der Waals surface area contributed by atoms with Crippen LogP contribution in [0.3, 0.4) is 0 Å². The van der Waals surface area contributed by atoms with Crippen molar-refractivity contribution in [2.75, 3.05) is 13.1 Å². The zero-order valence-electron chi connectivity index (χ0n) is 11.2. The first-order valence-electron chi connectivity index (χ1n) is 6.60. The van der Waals surface area contributed by atoms with Crippen LogP contribution in [0.5, 0.6) is 0 Å². The Morgan fingerprint density at radius 3 is 2.74 bits per heavy atom. The number of rotatable bonds is 1. The number of hydrogen-bond acceptors (Lipinski definition) is 4. The van der Waals surface area contributed by atoms with E-state index in [-0.39, 0.29) is 5.91 Å². The molecule has 100 valence electrons. The highest BCUT2D eigenvalue weighted by Crippen LogP contribution is 2.22. The third-order valence-corrected chi connectivity index (χ3v) is 3.59. The van der Waals surface area contributed by atoms with Gasteiger partial charge in [0.15, 0.2) is 5.65 Å². The highest BCUT2D eigenvalue weighted by molar-refractivity contribution is 5.94. The van der Waals surface area contributed by atoms with Crippen molar-refractivity contribution < 1.29 is 4.79 Å². The maximum atomic E-state index is 12.5. The Balaban J connectivity index is 1.86. The number of hydrogen-bond donors (Lipinski definition) is 0. The molecule has 3 rings (SSSR count). The zero-order valence-corrected chi connectivity index (χ0v) is 11.2. The SMILES string of the molecule is C[C@@H]1C[C@H](C)CN(C(=O)c2ccc3nnnn3c2)C1. The lowest BCUT2D eigenvalue weighted by Crippen LogP contribution is -2.42. The van der Waals surface area contributed by atoms with Crippen LogP contribution in [0.15, 0.2) is 18.3 Å². The second-order valence-electron chi connectivity index (χ2n) is 5.56. The Labute approximate surface area is 111 Å². The molecule has 0 radical (unpaired) electrons. The van der Waals surface area contributed by atoms with Gasteiger partial charge in [0, 0.05) is 19.3 Å². The topological polar surface area (TPSA) is 63.4 Å². The lowest BCUT2D eigenvalue weighted by atomic mass is 9.91. The fraction of sp³-hybridized carbons (Fsp3) is 0.538. The number of aromatic nitrogens is 4. The van der Waals surface area contributed by atoms with E-state index in [0.29, 0.717) is 23.0 Å². The Morgan fingerprint density at radius 2 is 2.00 bits per heavy atom. The number of nitrogens with zero attached hydrogens (tertiary/aromatic N) is 5. The number of piperidine rings is 1. The lowest BCUT2D eigenvalue weighted by molar-refractivity contribution is 0.0622. The number of fused-ring (bicyclic) bond motifs is 1. The molecule has 0 aromatic carbocycles. The minimum absolute atomic E-state index is 0.0656. The summed E-state index contributed by atoms with van der Waals surface area (Å²) in [4.78, 5) is 14.4. The predicted octanol–water partition coefficient (Wildman–Crippen LogP) is 1.24. The third kappa shape index (κ3) is 2.30. The molecule has 2 atom stereocenters. The molecule has 1 fully saturated rings. The van der Waals surface area contributed by atoms with Crippen molar-refractivity contribution in [2.45, 2.75) is 20.3 Å². The molecule has 19 heavy (non-hydrogen) atoms. The van der Waals surface area contributed by atoms with Crippen LogP contribution in [0.4, 0.5) is 0 Å². The summed E-state index contributed by atoms with van der Waals surface area (Å²) in [5.74, 6) is 1.18. The first kappa shape index (κ1) is 12.1. The summed E-state index contributed by atoms with van der Waals surface area (Å²) in [7, 11) is 0. The Morgan fingerprint density at radius 1 is 1.26 bits per heavy atom. The number of carbonyl (C=O) groups excluding carboxylic acids is 1. The molecule has 3 heterocycles. The maximum Gasteiger partial charge on any atom is 0.255 e. The minimum atomic E-state index is 0.0656. The average Bonchev–Trinajstić information content (AvgIpc) is 2.83. The van der Waals surface area contributed by atoms with Gasteiger partial charge in [0.25, 0.3) is 5.91 Å². The molecule has 1 amide bonds. The van der Waals surface area contributed by atoms with Crippen molar-refractivity contribution in [1.29, 1.82) is 0 Å². The molecule has 0 spiro atoms. The van der Waals surface area contributed by atoms with E-state index in [1.807, 2.05) is 4.90 Å². The molecule has 6 heteroatoms. The smallest absolute Gasteiger partial charge is 0.255 e. The van der Waals surface area contributed by atoms with Crippen molar-refractivity contribution in [3.8, 4) is 0 Å². The van der Waals surface area contributed by atoms with Gasteiger partial charge in [-0.15, -0.1) is 5.10 Å². The van der Waals surface area contributed by atoms with Gasteiger partial charge in [-0.25, -0.2) is 0 Å². The summed E-state index contributed by atoms with van der Waals surface area (Å²) in [5.41, 5.74) is 1.29. The second-order valence-corrected chi connectivity index (χ2v) is 5.56. The Hall–Kier alpha value is -1.98. The lowest BCUT2D eigenvalue weighted by Gasteiger charge is -2.35. The standard InChI is InChI=1S/C13H17N5O/c1-9-5-10(2)7-17(6-9)13(19)11-3-4-12-14-15-16-18(12)8-11/h3-4,8-10H,5-7H2,1-2H3/t9-,10+. The average molecular weight is 259 g/mol. The molecule has 1 saturated heterocycles. The van der Waals surface area contributed by atoms with Gasteiger partial charge in [-0.2, -0.15) is 4.52 Å². The Bertz CT molecular complexity index is 598. The van der Waals surface area contributed by atoms with Crippen molar-refractivity contribution in [1.82, 2.24) is 24.9 Å². The van der Waals surface area contributed by atoms with Crippen molar-refractivity contribution >= 4 is 11.6 Å². The Kier molecular flexibility index (Phi) is 2.93. The van der Waals surface area contributed by atoms with Crippen LogP contribution in [-0.4, -0.2) is 43.9 Å². The fourth-order valence-corrected chi connectivity index (χ4v) is 2.88. The van der Waals surface area contributed by atoms with Crippen LogP contribution in [0.2, 0.25) is 0 Å². The second kappa shape index (κ2) is 4.60. The summed E-state index contributed by atoms with van der Waals surface area (Å²) < 4.78 is 1.53. The van der Waals surface area contributed by atoms with E-state index in [4.69, 9.17) is 0 Å². The van der Waals surface area contributed by atoms with Crippen LogP contribution in [0.1, 0.15) is 30.6 Å². The van der Waals surface area contributed by atoms with Gasteiger partial charge in [0.1, 0.15) is 0 Å². The molecule has 0 bridgehead atoms. The summed E-state index contributed by atoms with van der Waals surface area (Å²) in [6.07, 6.45) is 2.89. The molecular weight excluding hydrogens is 242 g/mol. The van der Waals surface area contributed by atoms with E-state index >= 15 is 0 Å². The first-order chi connectivity index (χ1) is 9.13. The van der Waals surface area contributed by atoms with Gasteiger partial charge in [-0.3, -0.25) is 4.79 Å². The van der Waals surface area contributed by atoms with Gasteiger partial charge in [-0.05, 0) is 40.8 Å². The molecule has 2 aromatic rings. The largest absolute Gasteiger partial charge is 0.338 e. The van der Waals surface area contributed by atoms with E-state index < -0.39 is 0 Å². The molecule has 0 aliphatic carbocycles. The fourth-order valence-electron chi connectivity index (χ4n) is 2.88. The van der Waals surface area contributed by atoms with Crippen LogP contribution in [0.25, 0.3) is 5.65 Å². The number of tetrazole rings is 1. The molecule has 6 nitrogen and oxygen atoms in total. The molecule has 0 unspecified atom stereocenters. The summed E-state index contributed by atoms with van der Waals surface area (Å²) >= 11 is 0. The number of likely N-dealkylation sites (tertiary alicyclic amines) is 1. The maximum absolute atomic E-state index is 12.5. The highest BCUT2D eigenvalue weighted by atomic mass is 16.2. The van der Waals surface area contributed by atoms with Crippen LogP contribution < -0.4 is 0 Å². The zero-order chi connectivity index (χ0) is 13.4. The first-order valence-corrected chi connectivity index (χ1v) is 6.60. The molecule has 1 aliphatic heterocycles. The molecule has 0 saturated carbocycles. The number of pyridine rings is 1. The number of amides is 1.